The lowest BCUT2D eigenvalue weighted by molar-refractivity contribution is -0.155. The Morgan fingerprint density at radius 2 is 1.45 bits per heavy atom. The van der Waals surface area contributed by atoms with Crippen LogP contribution in [0.2, 0.25) is 0 Å². The van der Waals surface area contributed by atoms with Gasteiger partial charge < -0.3 is 10.2 Å². The van der Waals surface area contributed by atoms with Crippen LogP contribution in [0.25, 0.3) is 0 Å². The van der Waals surface area contributed by atoms with E-state index in [4.69, 9.17) is 10.2 Å². The molecular weight excluding hydrogens is 152 g/mol. The van der Waals surface area contributed by atoms with Crippen LogP contribution in [0, 0.1) is 0 Å². The number of aliphatic imine (C=N–C) groups is 2. The van der Waals surface area contributed by atoms with Gasteiger partial charge in [-0.05, 0) is 0 Å². The highest BCUT2D eigenvalue weighted by atomic mass is 16.4. The van der Waals surface area contributed by atoms with Gasteiger partial charge in [-0.2, -0.15) is 0 Å². The lowest BCUT2D eigenvalue weighted by Gasteiger charge is -2.10. The highest BCUT2D eigenvalue weighted by Gasteiger charge is 2.47. The average Bonchev–Trinajstić information content (AvgIpc) is 2.34. The van der Waals surface area contributed by atoms with Crippen molar-refractivity contribution in [3.8, 4) is 0 Å². The quantitative estimate of drug-likeness (QED) is 0.501. The van der Waals surface area contributed by atoms with Gasteiger partial charge in [0.2, 0.25) is 0 Å². The van der Waals surface area contributed by atoms with Gasteiger partial charge in [-0.3, -0.25) is 0 Å². The summed E-state index contributed by atoms with van der Waals surface area (Å²) in [7, 11) is 0. The highest BCUT2D eigenvalue weighted by molar-refractivity contribution is 6.22. The van der Waals surface area contributed by atoms with Gasteiger partial charge in [0.15, 0.2) is 0 Å². The van der Waals surface area contributed by atoms with Crippen LogP contribution in [0.15, 0.2) is 9.98 Å². The SMILES string of the molecule is O=C(O)C1(C(=O)O)N=CC=N1. The molecule has 0 atom stereocenters. The first-order valence-corrected chi connectivity index (χ1v) is 2.65. The van der Waals surface area contributed by atoms with Crippen LogP contribution in [0.4, 0.5) is 0 Å². The fourth-order valence-corrected chi connectivity index (χ4v) is 0.628. The van der Waals surface area contributed by atoms with E-state index in [1.807, 2.05) is 0 Å². The minimum atomic E-state index is -2.33. The second-order valence-corrected chi connectivity index (χ2v) is 1.84. The molecule has 0 aromatic rings. The van der Waals surface area contributed by atoms with Crippen molar-refractivity contribution in [1.29, 1.82) is 0 Å². The Hall–Kier alpha value is -1.72. The van der Waals surface area contributed by atoms with E-state index in [1.54, 1.807) is 0 Å². The van der Waals surface area contributed by atoms with Crippen LogP contribution in [0.1, 0.15) is 0 Å². The molecule has 0 fully saturated rings. The number of hydrogen-bond acceptors (Lipinski definition) is 4. The number of carboxylic acid groups (broad SMARTS) is 2. The third kappa shape index (κ3) is 0.878. The summed E-state index contributed by atoms with van der Waals surface area (Å²) in [5, 5.41) is 16.9. The zero-order valence-corrected chi connectivity index (χ0v) is 5.26. The molecule has 0 amide bonds. The first kappa shape index (κ1) is 7.39. The third-order valence-corrected chi connectivity index (χ3v) is 1.19. The zero-order chi connectivity index (χ0) is 8.48. The van der Waals surface area contributed by atoms with E-state index in [0.717, 1.165) is 12.4 Å². The molecule has 1 aliphatic rings. The Kier molecular flexibility index (Phi) is 1.45. The standard InChI is InChI=1S/C5H4N2O4/c8-3(9)5(4(10)11)6-1-2-7-5/h1-2H,(H,8,9)(H,10,11). The number of hydrogen-bond donors (Lipinski definition) is 2. The van der Waals surface area contributed by atoms with Crippen molar-refractivity contribution < 1.29 is 19.8 Å². The van der Waals surface area contributed by atoms with Crippen molar-refractivity contribution in [2.75, 3.05) is 0 Å². The maximum atomic E-state index is 10.4. The largest absolute Gasteiger partial charge is 0.478 e. The Bertz CT molecular complexity index is 240. The lowest BCUT2D eigenvalue weighted by Crippen LogP contribution is -2.41. The van der Waals surface area contributed by atoms with Crippen molar-refractivity contribution in [3.63, 3.8) is 0 Å². The number of carboxylic acids is 2. The molecule has 0 spiro atoms. The van der Waals surface area contributed by atoms with E-state index < -0.39 is 17.6 Å². The second-order valence-electron chi connectivity index (χ2n) is 1.84. The molecule has 0 saturated carbocycles. The molecule has 1 aliphatic heterocycles. The molecule has 6 nitrogen and oxygen atoms in total. The van der Waals surface area contributed by atoms with Crippen molar-refractivity contribution >= 4 is 24.4 Å². The van der Waals surface area contributed by atoms with Crippen LogP contribution in [-0.2, 0) is 9.59 Å². The van der Waals surface area contributed by atoms with Gasteiger partial charge in [-0.25, -0.2) is 19.6 Å². The van der Waals surface area contributed by atoms with E-state index in [1.165, 1.54) is 0 Å². The first-order chi connectivity index (χ1) is 5.09. The minimum absolute atomic E-state index is 1.04. The molecule has 0 aromatic heterocycles. The average molecular weight is 156 g/mol. The summed E-state index contributed by atoms with van der Waals surface area (Å²) in [6.45, 7) is 0. The van der Waals surface area contributed by atoms with Crippen molar-refractivity contribution in [3.05, 3.63) is 0 Å². The first-order valence-electron chi connectivity index (χ1n) is 2.65. The van der Waals surface area contributed by atoms with Crippen LogP contribution < -0.4 is 0 Å². The Morgan fingerprint density at radius 1 is 1.09 bits per heavy atom. The van der Waals surface area contributed by atoms with Gasteiger partial charge in [0, 0.05) is 12.4 Å². The monoisotopic (exact) mass is 156 g/mol. The smallest absolute Gasteiger partial charge is 0.366 e. The van der Waals surface area contributed by atoms with E-state index in [2.05, 4.69) is 9.98 Å². The maximum absolute atomic E-state index is 10.4. The Balaban J connectivity index is 3.09. The van der Waals surface area contributed by atoms with Crippen molar-refractivity contribution in [1.82, 2.24) is 0 Å². The highest BCUT2D eigenvalue weighted by Crippen LogP contribution is 2.15. The normalized spacial score (nSPS) is 18.5. The van der Waals surface area contributed by atoms with Gasteiger partial charge in [0.25, 0.3) is 0 Å². The summed E-state index contributed by atoms with van der Waals surface area (Å²) < 4.78 is 0. The fraction of sp³-hybridized carbons (Fsp3) is 0.200. The second kappa shape index (κ2) is 2.15. The van der Waals surface area contributed by atoms with Gasteiger partial charge in [0.05, 0.1) is 0 Å². The predicted octanol–water partition coefficient (Wildman–Crippen LogP) is -0.993. The topological polar surface area (TPSA) is 99.3 Å². The molecule has 2 N–H and O–H groups in total. The zero-order valence-electron chi connectivity index (χ0n) is 5.26. The van der Waals surface area contributed by atoms with E-state index >= 15 is 0 Å². The van der Waals surface area contributed by atoms with Gasteiger partial charge >= 0.3 is 17.6 Å². The van der Waals surface area contributed by atoms with Crippen LogP contribution in [0.5, 0.6) is 0 Å². The summed E-state index contributed by atoms with van der Waals surface area (Å²) >= 11 is 0. The van der Waals surface area contributed by atoms with E-state index in [9.17, 15) is 9.59 Å². The third-order valence-electron chi connectivity index (χ3n) is 1.19. The van der Waals surface area contributed by atoms with Crippen LogP contribution in [-0.4, -0.2) is 40.2 Å². The van der Waals surface area contributed by atoms with E-state index in [0.29, 0.717) is 0 Å². The summed E-state index contributed by atoms with van der Waals surface area (Å²) in [6.07, 6.45) is 2.09. The van der Waals surface area contributed by atoms with Gasteiger partial charge in [-0.15, -0.1) is 0 Å². The van der Waals surface area contributed by atoms with Crippen LogP contribution >= 0.6 is 0 Å². The predicted molar refractivity (Wildman–Crippen MR) is 35.0 cm³/mol. The molecule has 1 heterocycles. The number of carbonyl (C=O) groups is 2. The number of nitrogens with zero attached hydrogens (tertiary/aromatic N) is 2. The number of rotatable bonds is 2. The van der Waals surface area contributed by atoms with Gasteiger partial charge in [0.1, 0.15) is 0 Å². The molecule has 0 bridgehead atoms. The molecule has 11 heavy (non-hydrogen) atoms. The Morgan fingerprint density at radius 3 is 1.64 bits per heavy atom. The lowest BCUT2D eigenvalue weighted by atomic mass is 10.2. The Labute approximate surface area is 60.9 Å². The summed E-state index contributed by atoms with van der Waals surface area (Å²) in [5.74, 6) is -3.18. The molecule has 1 rings (SSSR count). The summed E-state index contributed by atoms with van der Waals surface area (Å²) in [4.78, 5) is 27.2. The minimum Gasteiger partial charge on any atom is -0.478 e. The summed E-state index contributed by atoms with van der Waals surface area (Å²) in [5.41, 5.74) is -2.33. The maximum Gasteiger partial charge on any atom is 0.366 e. The molecule has 0 aliphatic carbocycles. The van der Waals surface area contributed by atoms with Crippen molar-refractivity contribution in [2.45, 2.75) is 5.66 Å². The molecule has 6 heteroatoms. The molecule has 0 unspecified atom stereocenters. The molecule has 0 aromatic carbocycles. The van der Waals surface area contributed by atoms with E-state index in [-0.39, 0.29) is 0 Å². The van der Waals surface area contributed by atoms with Crippen LogP contribution in [0.3, 0.4) is 0 Å². The fourth-order valence-electron chi connectivity index (χ4n) is 0.628. The number of aliphatic carboxylic acids is 2. The molecule has 0 radical (unpaired) electrons. The molecular formula is C5H4N2O4. The van der Waals surface area contributed by atoms with Gasteiger partial charge in [-0.1, -0.05) is 0 Å². The molecule has 0 saturated heterocycles. The summed E-state index contributed by atoms with van der Waals surface area (Å²) in [6, 6.07) is 0. The molecule has 58 valence electrons. The van der Waals surface area contributed by atoms with Crippen molar-refractivity contribution in [2.24, 2.45) is 9.98 Å².